The molecular formula is C15H22N2O3. The van der Waals surface area contributed by atoms with E-state index in [2.05, 4.69) is 0 Å². The first-order valence-corrected chi connectivity index (χ1v) is 6.88. The summed E-state index contributed by atoms with van der Waals surface area (Å²) in [6.45, 7) is 1.93. The molecule has 20 heavy (non-hydrogen) atoms. The van der Waals surface area contributed by atoms with E-state index < -0.39 is 0 Å². The summed E-state index contributed by atoms with van der Waals surface area (Å²) >= 11 is 0. The van der Waals surface area contributed by atoms with Crippen molar-refractivity contribution in [1.29, 1.82) is 0 Å². The van der Waals surface area contributed by atoms with Crippen LogP contribution in [0, 0.1) is 5.92 Å². The minimum Gasteiger partial charge on any atom is -0.496 e. The predicted octanol–water partition coefficient (Wildman–Crippen LogP) is 1.78. The van der Waals surface area contributed by atoms with Gasteiger partial charge in [0.2, 0.25) is 0 Å². The molecule has 1 saturated carbocycles. The molecule has 110 valence electrons. The summed E-state index contributed by atoms with van der Waals surface area (Å²) in [7, 11) is 3.30. The molecule has 2 rings (SSSR count). The Morgan fingerprint density at radius 1 is 1.45 bits per heavy atom. The van der Waals surface area contributed by atoms with Gasteiger partial charge in [-0.05, 0) is 37.0 Å². The van der Waals surface area contributed by atoms with Crippen LogP contribution in [0.5, 0.6) is 5.75 Å². The first-order valence-electron chi connectivity index (χ1n) is 6.88. The second-order valence-corrected chi connectivity index (χ2v) is 5.20. The number of ether oxygens (including phenoxy) is 2. The molecule has 1 amide bonds. The van der Waals surface area contributed by atoms with Crippen molar-refractivity contribution >= 4 is 11.6 Å². The van der Waals surface area contributed by atoms with Gasteiger partial charge >= 0.3 is 0 Å². The smallest absolute Gasteiger partial charge is 0.257 e. The van der Waals surface area contributed by atoms with E-state index in [1.807, 2.05) is 0 Å². The molecule has 1 aliphatic rings. The van der Waals surface area contributed by atoms with Crippen molar-refractivity contribution in [3.63, 3.8) is 0 Å². The summed E-state index contributed by atoms with van der Waals surface area (Å²) in [6, 6.07) is 5.07. The van der Waals surface area contributed by atoms with Crippen LogP contribution < -0.4 is 10.5 Å². The zero-order chi connectivity index (χ0) is 14.5. The van der Waals surface area contributed by atoms with Crippen molar-refractivity contribution < 1.29 is 14.3 Å². The van der Waals surface area contributed by atoms with Crippen LogP contribution in [0.4, 0.5) is 5.69 Å². The molecule has 5 heteroatoms. The predicted molar refractivity (Wildman–Crippen MR) is 77.9 cm³/mol. The van der Waals surface area contributed by atoms with Gasteiger partial charge in [0, 0.05) is 25.9 Å². The summed E-state index contributed by atoms with van der Waals surface area (Å²) < 4.78 is 10.7. The molecule has 0 heterocycles. The normalized spacial score (nSPS) is 14.1. The van der Waals surface area contributed by atoms with E-state index in [-0.39, 0.29) is 5.91 Å². The Morgan fingerprint density at radius 2 is 2.20 bits per heavy atom. The highest BCUT2D eigenvalue weighted by molar-refractivity contribution is 5.97. The number of methoxy groups -OCH3 is 1. The lowest BCUT2D eigenvalue weighted by Gasteiger charge is -2.19. The van der Waals surface area contributed by atoms with E-state index in [0.717, 1.165) is 12.5 Å². The van der Waals surface area contributed by atoms with Gasteiger partial charge < -0.3 is 20.1 Å². The fourth-order valence-corrected chi connectivity index (χ4v) is 1.94. The highest BCUT2D eigenvalue weighted by atomic mass is 16.5. The summed E-state index contributed by atoms with van der Waals surface area (Å²) in [5.74, 6) is 1.17. The monoisotopic (exact) mass is 278 g/mol. The van der Waals surface area contributed by atoms with Gasteiger partial charge in [0.1, 0.15) is 5.75 Å². The number of rotatable bonds is 7. The Bertz CT molecular complexity index is 472. The molecule has 1 aliphatic carbocycles. The van der Waals surface area contributed by atoms with Gasteiger partial charge in [-0.15, -0.1) is 0 Å². The standard InChI is InChI=1S/C15H22N2O3/c1-17(7-8-20-10-11-3-4-11)15(18)13-9-12(16)5-6-14(13)19-2/h5-6,9,11H,3-4,7-8,10,16H2,1-2H3. The Hall–Kier alpha value is -1.75. The minimum atomic E-state index is -0.107. The quantitative estimate of drug-likeness (QED) is 0.610. The fraction of sp³-hybridized carbons (Fsp3) is 0.533. The van der Waals surface area contributed by atoms with Crippen molar-refractivity contribution in [1.82, 2.24) is 4.90 Å². The summed E-state index contributed by atoms with van der Waals surface area (Å²) in [5.41, 5.74) is 6.76. The molecule has 0 aliphatic heterocycles. The lowest BCUT2D eigenvalue weighted by atomic mass is 10.1. The van der Waals surface area contributed by atoms with Crippen LogP contribution in [0.15, 0.2) is 18.2 Å². The second kappa shape index (κ2) is 6.61. The second-order valence-electron chi connectivity index (χ2n) is 5.20. The molecule has 1 aromatic carbocycles. The van der Waals surface area contributed by atoms with E-state index in [1.165, 1.54) is 12.8 Å². The molecule has 5 nitrogen and oxygen atoms in total. The molecule has 0 bridgehead atoms. The molecule has 2 N–H and O–H groups in total. The first kappa shape index (κ1) is 14.7. The van der Waals surface area contributed by atoms with Gasteiger partial charge in [-0.2, -0.15) is 0 Å². The van der Waals surface area contributed by atoms with Gasteiger partial charge in [0.05, 0.1) is 19.3 Å². The Balaban J connectivity index is 1.89. The summed E-state index contributed by atoms with van der Waals surface area (Å²) in [4.78, 5) is 14.0. The van der Waals surface area contributed by atoms with Crippen LogP contribution in [-0.2, 0) is 4.74 Å². The number of hydrogen-bond acceptors (Lipinski definition) is 4. The molecule has 0 atom stereocenters. The van der Waals surface area contributed by atoms with Crippen molar-refractivity contribution in [3.05, 3.63) is 23.8 Å². The molecule has 0 spiro atoms. The third kappa shape index (κ3) is 3.87. The zero-order valence-electron chi connectivity index (χ0n) is 12.1. The van der Waals surface area contributed by atoms with Crippen LogP contribution in [0.1, 0.15) is 23.2 Å². The van der Waals surface area contributed by atoms with Crippen LogP contribution in [-0.4, -0.2) is 44.7 Å². The topological polar surface area (TPSA) is 64.8 Å². The molecular weight excluding hydrogens is 256 g/mol. The highest BCUT2D eigenvalue weighted by Crippen LogP contribution is 2.28. The number of hydrogen-bond donors (Lipinski definition) is 1. The van der Waals surface area contributed by atoms with Crippen molar-refractivity contribution in [2.45, 2.75) is 12.8 Å². The number of likely N-dealkylation sites (N-methyl/N-ethyl adjacent to an activating group) is 1. The number of amides is 1. The number of nitrogens with zero attached hydrogens (tertiary/aromatic N) is 1. The van der Waals surface area contributed by atoms with E-state index in [9.17, 15) is 4.79 Å². The maximum Gasteiger partial charge on any atom is 0.257 e. The number of carbonyl (C=O) groups excluding carboxylic acids is 1. The molecule has 0 unspecified atom stereocenters. The van der Waals surface area contributed by atoms with Crippen LogP contribution in [0.3, 0.4) is 0 Å². The number of nitrogens with two attached hydrogens (primary N) is 1. The zero-order valence-corrected chi connectivity index (χ0v) is 12.1. The lowest BCUT2D eigenvalue weighted by molar-refractivity contribution is 0.0678. The first-order chi connectivity index (χ1) is 9.61. The third-order valence-corrected chi connectivity index (χ3v) is 3.42. The average Bonchev–Trinajstić information content (AvgIpc) is 3.26. The largest absolute Gasteiger partial charge is 0.496 e. The highest BCUT2D eigenvalue weighted by Gasteiger charge is 2.21. The van der Waals surface area contributed by atoms with Crippen LogP contribution in [0.2, 0.25) is 0 Å². The summed E-state index contributed by atoms with van der Waals surface area (Å²) in [5, 5.41) is 0. The Labute approximate surface area is 119 Å². The van der Waals surface area contributed by atoms with Crippen molar-refractivity contribution in [2.24, 2.45) is 5.92 Å². The van der Waals surface area contributed by atoms with E-state index in [1.54, 1.807) is 37.3 Å². The average molecular weight is 278 g/mol. The third-order valence-electron chi connectivity index (χ3n) is 3.42. The van der Waals surface area contributed by atoms with Crippen LogP contribution >= 0.6 is 0 Å². The number of nitrogen functional groups attached to an aromatic ring is 1. The maximum absolute atomic E-state index is 12.4. The van der Waals surface area contributed by atoms with Crippen molar-refractivity contribution in [3.8, 4) is 5.75 Å². The number of benzene rings is 1. The maximum atomic E-state index is 12.4. The van der Waals surface area contributed by atoms with E-state index in [0.29, 0.717) is 30.2 Å². The van der Waals surface area contributed by atoms with Gasteiger partial charge in [-0.25, -0.2) is 0 Å². The molecule has 0 aromatic heterocycles. The Morgan fingerprint density at radius 3 is 2.85 bits per heavy atom. The van der Waals surface area contributed by atoms with Gasteiger partial charge in [0.25, 0.3) is 5.91 Å². The molecule has 1 fully saturated rings. The molecule has 0 saturated heterocycles. The number of anilines is 1. The van der Waals surface area contributed by atoms with Gasteiger partial charge in [-0.3, -0.25) is 4.79 Å². The summed E-state index contributed by atoms with van der Waals surface area (Å²) in [6.07, 6.45) is 2.55. The molecule has 0 radical (unpaired) electrons. The number of carbonyl (C=O) groups is 1. The van der Waals surface area contributed by atoms with E-state index >= 15 is 0 Å². The molecule has 1 aromatic rings. The van der Waals surface area contributed by atoms with Crippen LogP contribution in [0.25, 0.3) is 0 Å². The van der Waals surface area contributed by atoms with Gasteiger partial charge in [0.15, 0.2) is 0 Å². The van der Waals surface area contributed by atoms with Crippen molar-refractivity contribution in [2.75, 3.05) is 39.6 Å². The Kier molecular flexibility index (Phi) is 4.84. The lowest BCUT2D eigenvalue weighted by Crippen LogP contribution is -2.30. The van der Waals surface area contributed by atoms with Gasteiger partial charge in [-0.1, -0.05) is 0 Å². The minimum absolute atomic E-state index is 0.107. The fourth-order valence-electron chi connectivity index (χ4n) is 1.94. The SMILES string of the molecule is COc1ccc(N)cc1C(=O)N(C)CCOCC1CC1. The van der Waals surface area contributed by atoms with E-state index in [4.69, 9.17) is 15.2 Å².